The molecule has 2 heterocycles. The summed E-state index contributed by atoms with van der Waals surface area (Å²) in [6.07, 6.45) is 1.75. The second-order valence-corrected chi connectivity index (χ2v) is 7.94. The summed E-state index contributed by atoms with van der Waals surface area (Å²) >= 11 is 0. The van der Waals surface area contributed by atoms with E-state index in [2.05, 4.69) is 12.0 Å². The van der Waals surface area contributed by atoms with Crippen molar-refractivity contribution in [1.29, 1.82) is 0 Å². The number of benzene rings is 2. The van der Waals surface area contributed by atoms with E-state index >= 15 is 0 Å². The van der Waals surface area contributed by atoms with E-state index in [9.17, 15) is 22.0 Å². The third-order valence-corrected chi connectivity index (χ3v) is 5.50. The number of halogens is 5. The summed E-state index contributed by atoms with van der Waals surface area (Å²) in [7, 11) is 3.30. The molecular formula is C24H22F5N4O2. The fraction of sp³-hybridized carbons (Fsp3) is 0.250. The van der Waals surface area contributed by atoms with Gasteiger partial charge >= 0.3 is 12.1 Å². The minimum atomic E-state index is -5.67. The Morgan fingerprint density at radius 1 is 1.00 bits per heavy atom. The van der Waals surface area contributed by atoms with Crippen LogP contribution in [-0.4, -0.2) is 29.7 Å². The van der Waals surface area contributed by atoms with Crippen LogP contribution < -0.4 is 19.3 Å². The van der Waals surface area contributed by atoms with Gasteiger partial charge in [-0.05, 0) is 24.1 Å². The topological polar surface area (TPSA) is 42.8 Å². The molecule has 0 atom stereocenters. The molecule has 1 aromatic heterocycles. The highest BCUT2D eigenvalue weighted by molar-refractivity contribution is 5.67. The van der Waals surface area contributed by atoms with Gasteiger partial charge in [0, 0.05) is 43.0 Å². The molecule has 0 bridgehead atoms. The standard InChI is InChI=1S/C24H22F5N4O2/c1-16-10-21(34-3)22(11-20(16)33-9-8-32(15-33)19-12-30-31(2)13-19)35-14-17-4-6-18(7-5-17)23(25,26)24(27,28)29/h4-13H,1,14-15H2,2-3H3. The fourth-order valence-corrected chi connectivity index (χ4v) is 3.57. The van der Waals surface area contributed by atoms with E-state index in [1.165, 1.54) is 19.2 Å². The van der Waals surface area contributed by atoms with Gasteiger partial charge in [-0.15, -0.1) is 0 Å². The van der Waals surface area contributed by atoms with Crippen molar-refractivity contribution >= 4 is 11.4 Å². The maximum absolute atomic E-state index is 13.5. The zero-order chi connectivity index (χ0) is 25.4. The predicted molar refractivity (Wildman–Crippen MR) is 120 cm³/mol. The van der Waals surface area contributed by atoms with Crippen LogP contribution in [0.2, 0.25) is 0 Å². The first-order valence-electron chi connectivity index (χ1n) is 10.4. The van der Waals surface area contributed by atoms with E-state index in [0.29, 0.717) is 29.3 Å². The van der Waals surface area contributed by atoms with Gasteiger partial charge in [0.15, 0.2) is 11.5 Å². The Morgan fingerprint density at radius 3 is 2.29 bits per heavy atom. The van der Waals surface area contributed by atoms with E-state index in [4.69, 9.17) is 9.47 Å². The normalized spacial score (nSPS) is 14.1. The number of aromatic nitrogens is 2. The molecule has 0 spiro atoms. The molecule has 35 heavy (non-hydrogen) atoms. The number of hydrogen-bond donors (Lipinski definition) is 0. The zero-order valence-electron chi connectivity index (χ0n) is 18.9. The third-order valence-electron chi connectivity index (χ3n) is 5.50. The van der Waals surface area contributed by atoms with Crippen molar-refractivity contribution in [2.45, 2.75) is 18.7 Å². The van der Waals surface area contributed by atoms with Gasteiger partial charge in [-0.1, -0.05) is 24.3 Å². The Bertz CT molecular complexity index is 1220. The molecule has 4 rings (SSSR count). The summed E-state index contributed by atoms with van der Waals surface area (Å²) in [6.45, 7) is 4.52. The van der Waals surface area contributed by atoms with Crippen LogP contribution in [-0.2, 0) is 19.6 Å². The molecule has 0 fully saturated rings. The first kappa shape index (κ1) is 24.4. The van der Waals surface area contributed by atoms with Crippen molar-refractivity contribution in [3.63, 3.8) is 0 Å². The number of nitrogens with zero attached hydrogens (tertiary/aromatic N) is 4. The molecule has 0 saturated carbocycles. The second kappa shape index (κ2) is 9.12. The number of alkyl halides is 5. The van der Waals surface area contributed by atoms with Crippen molar-refractivity contribution in [2.75, 3.05) is 23.6 Å². The van der Waals surface area contributed by atoms with Gasteiger partial charge in [-0.25, -0.2) is 0 Å². The second-order valence-electron chi connectivity index (χ2n) is 7.94. The van der Waals surface area contributed by atoms with Gasteiger partial charge in [0.2, 0.25) is 0 Å². The summed E-state index contributed by atoms with van der Waals surface area (Å²) in [4.78, 5) is 3.95. The molecule has 2 aromatic carbocycles. The van der Waals surface area contributed by atoms with E-state index < -0.39 is 17.7 Å². The predicted octanol–water partition coefficient (Wildman–Crippen LogP) is 5.60. The smallest absolute Gasteiger partial charge is 0.458 e. The molecule has 11 heteroatoms. The minimum Gasteiger partial charge on any atom is -0.493 e. The van der Waals surface area contributed by atoms with E-state index in [1.54, 1.807) is 23.0 Å². The van der Waals surface area contributed by atoms with E-state index in [-0.39, 0.29) is 6.61 Å². The molecule has 0 unspecified atom stereocenters. The van der Waals surface area contributed by atoms with E-state index in [0.717, 1.165) is 23.5 Å². The maximum Gasteiger partial charge on any atom is 0.458 e. The van der Waals surface area contributed by atoms with Gasteiger partial charge in [-0.3, -0.25) is 4.68 Å². The molecule has 1 aliphatic rings. The van der Waals surface area contributed by atoms with Crippen LogP contribution in [0.3, 0.4) is 0 Å². The molecule has 0 saturated heterocycles. The highest BCUT2D eigenvalue weighted by atomic mass is 19.4. The Labute approximate surface area is 198 Å². The average Bonchev–Trinajstić information content (AvgIpc) is 3.46. The van der Waals surface area contributed by atoms with Gasteiger partial charge in [0.25, 0.3) is 0 Å². The van der Waals surface area contributed by atoms with Crippen molar-refractivity contribution < 1.29 is 31.4 Å². The summed E-state index contributed by atoms with van der Waals surface area (Å²) in [5, 5.41) is 4.17. The maximum atomic E-state index is 13.5. The van der Waals surface area contributed by atoms with Crippen LogP contribution in [0.25, 0.3) is 0 Å². The molecule has 3 aromatic rings. The molecule has 0 N–H and O–H groups in total. The number of hydrogen-bond acceptors (Lipinski definition) is 5. The monoisotopic (exact) mass is 493 g/mol. The fourth-order valence-electron chi connectivity index (χ4n) is 3.57. The zero-order valence-corrected chi connectivity index (χ0v) is 18.9. The third kappa shape index (κ3) is 4.89. The first-order valence-corrected chi connectivity index (χ1v) is 10.4. The Balaban J connectivity index is 1.49. The minimum absolute atomic E-state index is 0.0677. The largest absolute Gasteiger partial charge is 0.493 e. The SMILES string of the molecule is [CH2]c1cc(OC)c(OCc2ccc(C(F)(F)C(F)(F)F)cc2)cc1N1C=CN(c2cnn(C)c2)C1. The van der Waals surface area contributed by atoms with Crippen LogP contribution in [0.1, 0.15) is 16.7 Å². The lowest BCUT2D eigenvalue weighted by Gasteiger charge is -2.23. The highest BCUT2D eigenvalue weighted by Gasteiger charge is 2.58. The Morgan fingerprint density at radius 2 is 1.69 bits per heavy atom. The molecule has 0 aliphatic carbocycles. The molecular weight excluding hydrogens is 471 g/mol. The van der Waals surface area contributed by atoms with Crippen molar-refractivity contribution in [2.24, 2.45) is 7.05 Å². The quantitative estimate of drug-likeness (QED) is 0.401. The van der Waals surface area contributed by atoms with E-state index in [1.807, 2.05) is 35.4 Å². The van der Waals surface area contributed by atoms with Gasteiger partial charge in [0.1, 0.15) is 6.61 Å². The number of anilines is 2. The van der Waals surface area contributed by atoms with Gasteiger partial charge in [-0.2, -0.15) is 27.1 Å². The number of rotatable bonds is 7. The van der Waals surface area contributed by atoms with Crippen molar-refractivity contribution in [1.82, 2.24) is 9.78 Å². The molecule has 1 aliphatic heterocycles. The lowest BCUT2D eigenvalue weighted by atomic mass is 10.1. The van der Waals surface area contributed by atoms with Crippen LogP contribution in [0.15, 0.2) is 61.2 Å². The lowest BCUT2D eigenvalue weighted by molar-refractivity contribution is -0.289. The van der Waals surface area contributed by atoms with Crippen LogP contribution in [0, 0.1) is 6.92 Å². The van der Waals surface area contributed by atoms with Crippen molar-refractivity contribution in [3.8, 4) is 11.5 Å². The summed E-state index contributed by atoms with van der Waals surface area (Å²) in [5.74, 6) is -4.15. The summed E-state index contributed by atoms with van der Waals surface area (Å²) in [6, 6.07) is 7.29. The highest BCUT2D eigenvalue weighted by Crippen LogP contribution is 2.44. The molecule has 1 radical (unpaired) electrons. The number of ether oxygens (including phenoxy) is 2. The Kier molecular flexibility index (Phi) is 6.35. The summed E-state index contributed by atoms with van der Waals surface area (Å²) in [5.41, 5.74) is 1.64. The Hall–Kier alpha value is -3.76. The van der Waals surface area contributed by atoms with Crippen LogP contribution in [0.5, 0.6) is 11.5 Å². The number of aryl methyl sites for hydroxylation is 1. The van der Waals surface area contributed by atoms with Gasteiger partial charge in [0.05, 0.1) is 25.7 Å². The summed E-state index contributed by atoms with van der Waals surface area (Å²) < 4.78 is 77.7. The van der Waals surface area contributed by atoms with Crippen LogP contribution in [0.4, 0.5) is 33.3 Å². The van der Waals surface area contributed by atoms with Gasteiger partial charge < -0.3 is 19.3 Å². The first-order chi connectivity index (χ1) is 16.5. The molecule has 185 valence electrons. The lowest BCUT2D eigenvalue weighted by Crippen LogP contribution is -2.33. The average molecular weight is 493 g/mol. The van der Waals surface area contributed by atoms with Crippen LogP contribution >= 0.6 is 0 Å². The molecule has 0 amide bonds. The molecule has 6 nitrogen and oxygen atoms in total. The number of methoxy groups -OCH3 is 1. The van der Waals surface area contributed by atoms with Crippen molar-refractivity contribution in [3.05, 3.63) is 84.8 Å².